The summed E-state index contributed by atoms with van der Waals surface area (Å²) in [6.07, 6.45) is 0. The zero-order valence-electron chi connectivity index (χ0n) is 11.9. The maximum atomic E-state index is 12.5. The van der Waals surface area contributed by atoms with Gasteiger partial charge in [-0.2, -0.15) is 4.31 Å². The fourth-order valence-corrected chi connectivity index (χ4v) is 3.66. The number of hydrogen-bond donors (Lipinski definition) is 0. The van der Waals surface area contributed by atoms with Crippen LogP contribution in [0, 0.1) is 6.92 Å². The van der Waals surface area contributed by atoms with E-state index < -0.39 is 16.0 Å². The summed E-state index contributed by atoms with van der Waals surface area (Å²) in [5, 5.41) is 0. The minimum absolute atomic E-state index is 0.152. The van der Waals surface area contributed by atoms with Crippen LogP contribution in [-0.4, -0.2) is 43.5 Å². The number of ether oxygens (including phenoxy) is 1. The quantitative estimate of drug-likeness (QED) is 0.762. The largest absolute Gasteiger partial charge is 0.464 e. The summed E-state index contributed by atoms with van der Waals surface area (Å²) in [7, 11) is -0.662. The smallest absolute Gasteiger partial charge is 0.354 e. The standard InChI is InChI=1S/C12H20N2O4S/c1-6-14(7-2)19(16,17)11-8-10(12(15)18-5)13(4)9(11)3/h8H,6-7H2,1-5H3. The van der Waals surface area contributed by atoms with Crippen molar-refractivity contribution in [3.8, 4) is 0 Å². The van der Waals surface area contributed by atoms with E-state index in [4.69, 9.17) is 0 Å². The lowest BCUT2D eigenvalue weighted by Crippen LogP contribution is -2.30. The maximum Gasteiger partial charge on any atom is 0.354 e. The van der Waals surface area contributed by atoms with Crippen molar-refractivity contribution in [2.75, 3.05) is 20.2 Å². The average molecular weight is 288 g/mol. The second kappa shape index (κ2) is 5.75. The molecule has 6 nitrogen and oxygen atoms in total. The molecule has 0 atom stereocenters. The van der Waals surface area contributed by atoms with Crippen molar-refractivity contribution in [3.63, 3.8) is 0 Å². The van der Waals surface area contributed by atoms with Gasteiger partial charge >= 0.3 is 5.97 Å². The molecular weight excluding hydrogens is 268 g/mol. The van der Waals surface area contributed by atoms with Crippen LogP contribution in [0.25, 0.3) is 0 Å². The zero-order valence-corrected chi connectivity index (χ0v) is 12.7. The first-order valence-electron chi connectivity index (χ1n) is 6.05. The highest BCUT2D eigenvalue weighted by Crippen LogP contribution is 2.23. The first kappa shape index (κ1) is 15.7. The molecule has 1 heterocycles. The van der Waals surface area contributed by atoms with E-state index in [1.807, 2.05) is 0 Å². The first-order chi connectivity index (χ1) is 8.81. The SMILES string of the molecule is CCN(CC)S(=O)(=O)c1cc(C(=O)OC)n(C)c1C. The number of esters is 1. The molecule has 19 heavy (non-hydrogen) atoms. The number of hydrogen-bond acceptors (Lipinski definition) is 4. The molecule has 0 amide bonds. The van der Waals surface area contributed by atoms with Gasteiger partial charge in [0.15, 0.2) is 0 Å². The topological polar surface area (TPSA) is 68.6 Å². The normalized spacial score (nSPS) is 11.9. The number of carbonyl (C=O) groups excluding carboxylic acids is 1. The number of carbonyl (C=O) groups is 1. The van der Waals surface area contributed by atoms with Crippen LogP contribution < -0.4 is 0 Å². The highest BCUT2D eigenvalue weighted by molar-refractivity contribution is 7.89. The van der Waals surface area contributed by atoms with Crippen molar-refractivity contribution in [2.24, 2.45) is 7.05 Å². The van der Waals surface area contributed by atoms with E-state index in [0.717, 1.165) is 0 Å². The molecule has 0 fully saturated rings. The molecule has 0 N–H and O–H groups in total. The molecule has 0 aliphatic heterocycles. The zero-order chi connectivity index (χ0) is 14.8. The number of sulfonamides is 1. The molecule has 0 aliphatic rings. The van der Waals surface area contributed by atoms with Crippen LogP contribution in [-0.2, 0) is 21.8 Å². The third-order valence-corrected chi connectivity index (χ3v) is 5.37. The van der Waals surface area contributed by atoms with Gasteiger partial charge in [0.05, 0.1) is 7.11 Å². The number of methoxy groups -OCH3 is 1. The Kier molecular flexibility index (Phi) is 4.75. The number of aromatic nitrogens is 1. The predicted molar refractivity (Wildman–Crippen MR) is 71.6 cm³/mol. The molecule has 0 spiro atoms. The van der Waals surface area contributed by atoms with Gasteiger partial charge in [0.2, 0.25) is 10.0 Å². The Hall–Kier alpha value is -1.34. The monoisotopic (exact) mass is 288 g/mol. The van der Waals surface area contributed by atoms with Gasteiger partial charge in [-0.05, 0) is 13.0 Å². The Balaban J connectivity index is 3.41. The Labute approximate surface area is 114 Å². The van der Waals surface area contributed by atoms with Gasteiger partial charge in [0.25, 0.3) is 0 Å². The molecule has 1 rings (SSSR count). The molecule has 0 aromatic carbocycles. The van der Waals surface area contributed by atoms with Crippen molar-refractivity contribution in [2.45, 2.75) is 25.7 Å². The fraction of sp³-hybridized carbons (Fsp3) is 0.583. The van der Waals surface area contributed by atoms with Crippen molar-refractivity contribution in [1.82, 2.24) is 8.87 Å². The molecule has 0 unspecified atom stereocenters. The minimum Gasteiger partial charge on any atom is -0.464 e. The van der Waals surface area contributed by atoms with Gasteiger partial charge in [-0.1, -0.05) is 13.8 Å². The Morgan fingerprint density at radius 3 is 2.32 bits per heavy atom. The van der Waals surface area contributed by atoms with Crippen LogP contribution >= 0.6 is 0 Å². The lowest BCUT2D eigenvalue weighted by molar-refractivity contribution is 0.0589. The van der Waals surface area contributed by atoms with E-state index in [2.05, 4.69) is 4.74 Å². The lowest BCUT2D eigenvalue weighted by atomic mass is 10.4. The van der Waals surface area contributed by atoms with E-state index in [9.17, 15) is 13.2 Å². The summed E-state index contributed by atoms with van der Waals surface area (Å²) in [6, 6.07) is 1.37. The first-order valence-corrected chi connectivity index (χ1v) is 7.50. The van der Waals surface area contributed by atoms with Crippen LogP contribution in [0.2, 0.25) is 0 Å². The van der Waals surface area contributed by atoms with Gasteiger partial charge in [-0.25, -0.2) is 13.2 Å². The van der Waals surface area contributed by atoms with Crippen molar-refractivity contribution >= 4 is 16.0 Å². The van der Waals surface area contributed by atoms with Crippen LogP contribution in [0.5, 0.6) is 0 Å². The molecule has 0 saturated heterocycles. The molecular formula is C12H20N2O4S. The number of nitrogens with zero attached hydrogens (tertiary/aromatic N) is 2. The highest BCUT2D eigenvalue weighted by atomic mass is 32.2. The molecule has 1 aromatic rings. The Morgan fingerprint density at radius 2 is 1.89 bits per heavy atom. The minimum atomic E-state index is -3.57. The molecule has 7 heteroatoms. The Bertz CT molecular complexity index is 571. The molecule has 0 radical (unpaired) electrons. The van der Waals surface area contributed by atoms with Crippen molar-refractivity contribution in [3.05, 3.63) is 17.5 Å². The third-order valence-electron chi connectivity index (χ3n) is 3.21. The number of rotatable bonds is 5. The maximum absolute atomic E-state index is 12.5. The molecule has 1 aromatic heterocycles. The van der Waals surface area contributed by atoms with Crippen LogP contribution in [0.4, 0.5) is 0 Å². The van der Waals surface area contributed by atoms with Crippen LogP contribution in [0.15, 0.2) is 11.0 Å². The lowest BCUT2D eigenvalue weighted by Gasteiger charge is -2.18. The summed E-state index contributed by atoms with van der Waals surface area (Å²) >= 11 is 0. The van der Waals surface area contributed by atoms with Crippen LogP contribution in [0.3, 0.4) is 0 Å². The van der Waals surface area contributed by atoms with E-state index in [1.165, 1.54) is 22.0 Å². The average Bonchev–Trinajstić information content (AvgIpc) is 2.67. The van der Waals surface area contributed by atoms with Crippen molar-refractivity contribution in [1.29, 1.82) is 0 Å². The summed E-state index contributed by atoms with van der Waals surface area (Å²) < 4.78 is 32.4. The van der Waals surface area contributed by atoms with E-state index in [-0.39, 0.29) is 10.6 Å². The van der Waals surface area contributed by atoms with Gasteiger partial charge in [-0.15, -0.1) is 0 Å². The molecule has 0 saturated carbocycles. The molecule has 0 bridgehead atoms. The van der Waals surface area contributed by atoms with E-state index in [1.54, 1.807) is 27.8 Å². The Morgan fingerprint density at radius 1 is 1.37 bits per heavy atom. The summed E-state index contributed by atoms with van der Waals surface area (Å²) in [5.74, 6) is -0.549. The van der Waals surface area contributed by atoms with Crippen molar-refractivity contribution < 1.29 is 17.9 Å². The van der Waals surface area contributed by atoms with E-state index >= 15 is 0 Å². The van der Waals surface area contributed by atoms with Gasteiger partial charge in [0, 0.05) is 25.8 Å². The predicted octanol–water partition coefficient (Wildman–Crippen LogP) is 1.15. The third kappa shape index (κ3) is 2.66. The second-order valence-electron chi connectivity index (χ2n) is 4.12. The van der Waals surface area contributed by atoms with Gasteiger partial charge in [0.1, 0.15) is 10.6 Å². The van der Waals surface area contributed by atoms with E-state index in [0.29, 0.717) is 18.8 Å². The van der Waals surface area contributed by atoms with Gasteiger partial charge in [-0.3, -0.25) is 0 Å². The van der Waals surface area contributed by atoms with Gasteiger partial charge < -0.3 is 9.30 Å². The summed E-state index contributed by atoms with van der Waals surface area (Å²) in [6.45, 7) is 6.01. The fourth-order valence-electron chi connectivity index (χ4n) is 1.94. The molecule has 108 valence electrons. The highest BCUT2D eigenvalue weighted by Gasteiger charge is 2.28. The van der Waals surface area contributed by atoms with Crippen LogP contribution in [0.1, 0.15) is 30.0 Å². The summed E-state index contributed by atoms with van der Waals surface area (Å²) in [5.41, 5.74) is 0.748. The second-order valence-corrected chi connectivity index (χ2v) is 6.03. The summed E-state index contributed by atoms with van der Waals surface area (Å²) in [4.78, 5) is 11.7. The molecule has 0 aliphatic carbocycles.